The quantitative estimate of drug-likeness (QED) is 0.439. The van der Waals surface area contributed by atoms with Crippen LogP contribution in [0.15, 0.2) is 42.5 Å². The molecule has 0 aliphatic rings. The van der Waals surface area contributed by atoms with Crippen LogP contribution in [0.4, 0.5) is 0 Å². The minimum Gasteiger partial charge on any atom is -0.372 e. The van der Waals surface area contributed by atoms with Gasteiger partial charge in [0.1, 0.15) is 6.10 Å². The third kappa shape index (κ3) is 3.17. The van der Waals surface area contributed by atoms with Crippen molar-refractivity contribution >= 4 is 0 Å². The van der Waals surface area contributed by atoms with E-state index in [4.69, 9.17) is 10.6 Å². The van der Waals surface area contributed by atoms with Crippen molar-refractivity contribution in [1.29, 1.82) is 0 Å². The molecule has 0 aliphatic carbocycles. The lowest BCUT2D eigenvalue weighted by Crippen LogP contribution is -2.41. The molecule has 3 heteroatoms. The molecular formula is C13H20N2O. The third-order valence-corrected chi connectivity index (χ3v) is 2.49. The average Bonchev–Trinajstić information content (AvgIpc) is 2.29. The second-order valence-corrected chi connectivity index (χ2v) is 3.78. The zero-order valence-electron chi connectivity index (χ0n) is 9.94. The maximum atomic E-state index is 5.74. The predicted molar refractivity (Wildman–Crippen MR) is 66.7 cm³/mol. The Hall–Kier alpha value is -1.16. The molecule has 0 heterocycles. The largest absolute Gasteiger partial charge is 0.372 e. The van der Waals surface area contributed by atoms with Gasteiger partial charge in [0, 0.05) is 6.61 Å². The van der Waals surface area contributed by atoms with Crippen LogP contribution in [0.2, 0.25) is 0 Å². The fraction of sp³-hybridized carbons (Fsp3) is 0.385. The van der Waals surface area contributed by atoms with Crippen LogP contribution in [-0.4, -0.2) is 12.6 Å². The van der Waals surface area contributed by atoms with Crippen LogP contribution < -0.4 is 11.3 Å². The van der Waals surface area contributed by atoms with Gasteiger partial charge in [-0.2, -0.15) is 0 Å². The second kappa shape index (κ2) is 6.43. The van der Waals surface area contributed by atoms with Crippen LogP contribution >= 0.6 is 0 Å². The molecule has 16 heavy (non-hydrogen) atoms. The number of rotatable bonds is 6. The first kappa shape index (κ1) is 12.9. The molecule has 0 spiro atoms. The summed E-state index contributed by atoms with van der Waals surface area (Å²) in [7, 11) is 0. The molecule has 0 amide bonds. The van der Waals surface area contributed by atoms with E-state index in [1.807, 2.05) is 44.2 Å². The van der Waals surface area contributed by atoms with E-state index in [2.05, 4.69) is 12.0 Å². The fourth-order valence-corrected chi connectivity index (χ4v) is 1.70. The minimum atomic E-state index is -0.0892. The highest BCUT2D eigenvalue weighted by atomic mass is 16.5. The van der Waals surface area contributed by atoms with Crippen molar-refractivity contribution in [2.45, 2.75) is 26.0 Å². The third-order valence-electron chi connectivity index (χ3n) is 2.49. The monoisotopic (exact) mass is 220 g/mol. The van der Waals surface area contributed by atoms with E-state index in [9.17, 15) is 0 Å². The molecular weight excluding hydrogens is 200 g/mol. The van der Waals surface area contributed by atoms with Crippen molar-refractivity contribution in [3.63, 3.8) is 0 Å². The summed E-state index contributed by atoms with van der Waals surface area (Å²) in [5.74, 6) is 5.55. The van der Waals surface area contributed by atoms with E-state index < -0.39 is 0 Å². The second-order valence-electron chi connectivity index (χ2n) is 3.78. The van der Waals surface area contributed by atoms with Crippen molar-refractivity contribution in [3.8, 4) is 0 Å². The summed E-state index contributed by atoms with van der Waals surface area (Å²) in [4.78, 5) is 0. The summed E-state index contributed by atoms with van der Waals surface area (Å²) < 4.78 is 5.74. The van der Waals surface area contributed by atoms with Crippen LogP contribution in [0.25, 0.3) is 0 Å². The van der Waals surface area contributed by atoms with Gasteiger partial charge in [-0.1, -0.05) is 42.5 Å². The predicted octanol–water partition coefficient (Wildman–Crippen LogP) is 2.17. The average molecular weight is 220 g/mol. The molecule has 0 saturated heterocycles. The highest BCUT2D eigenvalue weighted by Crippen LogP contribution is 2.24. The number of ether oxygens (including phenoxy) is 1. The molecule has 3 N–H and O–H groups in total. The number of nitrogens with two attached hydrogens (primary N) is 1. The lowest BCUT2D eigenvalue weighted by atomic mass is 9.98. The van der Waals surface area contributed by atoms with Crippen LogP contribution in [0.1, 0.15) is 25.5 Å². The number of benzene rings is 1. The zero-order valence-corrected chi connectivity index (χ0v) is 9.94. The van der Waals surface area contributed by atoms with Gasteiger partial charge < -0.3 is 4.74 Å². The Bertz CT molecular complexity index is 324. The molecule has 0 saturated carbocycles. The van der Waals surface area contributed by atoms with Crippen molar-refractivity contribution in [2.75, 3.05) is 6.61 Å². The maximum Gasteiger partial charge on any atom is 0.103 e. The molecule has 0 aliphatic heterocycles. The van der Waals surface area contributed by atoms with Gasteiger partial charge in [-0.15, -0.1) is 0 Å². The summed E-state index contributed by atoms with van der Waals surface area (Å²) in [5, 5.41) is 0. The Labute approximate surface area is 97.3 Å². The highest BCUT2D eigenvalue weighted by Gasteiger charge is 2.22. The van der Waals surface area contributed by atoms with E-state index in [1.54, 1.807) is 0 Å². The van der Waals surface area contributed by atoms with E-state index in [0.29, 0.717) is 6.61 Å². The zero-order chi connectivity index (χ0) is 12.0. The van der Waals surface area contributed by atoms with Crippen molar-refractivity contribution < 1.29 is 4.74 Å². The number of hydrogen-bond acceptors (Lipinski definition) is 3. The van der Waals surface area contributed by atoms with Gasteiger partial charge in [0.25, 0.3) is 0 Å². The van der Waals surface area contributed by atoms with Gasteiger partial charge in [-0.05, 0) is 19.4 Å². The molecule has 2 unspecified atom stereocenters. The van der Waals surface area contributed by atoms with Crippen LogP contribution in [0.3, 0.4) is 0 Å². The van der Waals surface area contributed by atoms with E-state index >= 15 is 0 Å². The number of hydrazine groups is 1. The van der Waals surface area contributed by atoms with Gasteiger partial charge in [-0.3, -0.25) is 11.3 Å². The summed E-state index contributed by atoms with van der Waals surface area (Å²) in [6.07, 6.45) is -0.0892. The first-order valence-electron chi connectivity index (χ1n) is 5.48. The molecule has 3 nitrogen and oxygen atoms in total. The van der Waals surface area contributed by atoms with Crippen LogP contribution in [0.5, 0.6) is 0 Å². The molecule has 0 radical (unpaired) electrons. The van der Waals surface area contributed by atoms with Crippen LogP contribution in [0, 0.1) is 0 Å². The first-order chi connectivity index (χ1) is 7.70. The van der Waals surface area contributed by atoms with E-state index in [-0.39, 0.29) is 12.1 Å². The van der Waals surface area contributed by atoms with Gasteiger partial charge in [0.15, 0.2) is 0 Å². The SMILES string of the molecule is C=C(C)C(NN)C(OCC)c1ccccc1. The highest BCUT2D eigenvalue weighted by molar-refractivity contribution is 5.22. The lowest BCUT2D eigenvalue weighted by molar-refractivity contribution is 0.0424. The van der Waals surface area contributed by atoms with E-state index in [1.165, 1.54) is 0 Å². The molecule has 0 aromatic heterocycles. The molecule has 2 atom stereocenters. The molecule has 1 rings (SSSR count). The number of nitrogens with one attached hydrogen (secondary N) is 1. The van der Waals surface area contributed by atoms with Crippen molar-refractivity contribution in [2.24, 2.45) is 5.84 Å². The minimum absolute atomic E-state index is 0.0673. The summed E-state index contributed by atoms with van der Waals surface area (Å²) >= 11 is 0. The van der Waals surface area contributed by atoms with E-state index in [0.717, 1.165) is 11.1 Å². The van der Waals surface area contributed by atoms with Gasteiger partial charge >= 0.3 is 0 Å². The fourth-order valence-electron chi connectivity index (χ4n) is 1.70. The van der Waals surface area contributed by atoms with Gasteiger partial charge in [-0.25, -0.2) is 0 Å². The normalized spacial score (nSPS) is 14.4. The Morgan fingerprint density at radius 2 is 2.06 bits per heavy atom. The topological polar surface area (TPSA) is 47.3 Å². The van der Waals surface area contributed by atoms with Crippen molar-refractivity contribution in [3.05, 3.63) is 48.0 Å². The Balaban J connectivity index is 2.94. The summed E-state index contributed by atoms with van der Waals surface area (Å²) in [6.45, 7) is 8.49. The van der Waals surface area contributed by atoms with Gasteiger partial charge in [0.05, 0.1) is 6.04 Å². The maximum absolute atomic E-state index is 5.74. The smallest absolute Gasteiger partial charge is 0.103 e. The van der Waals surface area contributed by atoms with Gasteiger partial charge in [0.2, 0.25) is 0 Å². The first-order valence-corrected chi connectivity index (χ1v) is 5.48. The number of hydrogen-bond donors (Lipinski definition) is 2. The Kier molecular flexibility index (Phi) is 5.19. The molecule has 0 fully saturated rings. The molecule has 88 valence electrons. The Morgan fingerprint density at radius 3 is 2.50 bits per heavy atom. The Morgan fingerprint density at radius 1 is 1.44 bits per heavy atom. The lowest BCUT2D eigenvalue weighted by Gasteiger charge is -2.27. The standard InChI is InChI=1S/C13H20N2O/c1-4-16-13(12(15-14)10(2)3)11-8-6-5-7-9-11/h5-9,12-13,15H,2,4,14H2,1,3H3. The molecule has 1 aromatic carbocycles. The van der Waals surface area contributed by atoms with Crippen molar-refractivity contribution in [1.82, 2.24) is 5.43 Å². The summed E-state index contributed by atoms with van der Waals surface area (Å²) in [5.41, 5.74) is 4.83. The summed E-state index contributed by atoms with van der Waals surface area (Å²) in [6, 6.07) is 9.97. The molecule has 0 bridgehead atoms. The van der Waals surface area contributed by atoms with Crippen LogP contribution in [-0.2, 0) is 4.74 Å². The molecule has 1 aromatic rings.